The molecule has 4 nitrogen and oxygen atoms in total. The summed E-state index contributed by atoms with van der Waals surface area (Å²) in [6, 6.07) is 0. The standard InChI is InChI=1S/C11H18N2O2S/c1-5-6-7-8(16-10(12)13-7)9(14)15-11(2,3)4/h5-6H2,1-4H3,(H2,12,13). The van der Waals surface area contributed by atoms with Crippen molar-refractivity contribution in [1.29, 1.82) is 0 Å². The number of carbonyl (C=O) groups is 1. The van der Waals surface area contributed by atoms with Gasteiger partial charge in [-0.25, -0.2) is 9.78 Å². The van der Waals surface area contributed by atoms with Gasteiger partial charge in [0.25, 0.3) is 0 Å². The molecule has 0 aliphatic carbocycles. The van der Waals surface area contributed by atoms with Crippen LogP contribution in [0.3, 0.4) is 0 Å². The van der Waals surface area contributed by atoms with Crippen LogP contribution in [-0.4, -0.2) is 16.6 Å². The molecule has 5 heteroatoms. The third-order valence-corrected chi connectivity index (χ3v) is 2.69. The first kappa shape index (κ1) is 13.0. The van der Waals surface area contributed by atoms with E-state index in [0.29, 0.717) is 10.0 Å². The predicted octanol–water partition coefficient (Wildman–Crippen LogP) is 2.63. The first-order valence-electron chi connectivity index (χ1n) is 5.32. The van der Waals surface area contributed by atoms with Gasteiger partial charge in [0.1, 0.15) is 10.5 Å². The van der Waals surface area contributed by atoms with Gasteiger partial charge in [-0.05, 0) is 27.2 Å². The normalized spacial score (nSPS) is 11.5. The Labute approximate surface area is 99.8 Å². The molecule has 0 amide bonds. The molecule has 0 unspecified atom stereocenters. The van der Waals surface area contributed by atoms with Crippen LogP contribution >= 0.6 is 11.3 Å². The van der Waals surface area contributed by atoms with E-state index in [1.165, 1.54) is 11.3 Å². The van der Waals surface area contributed by atoms with Gasteiger partial charge < -0.3 is 10.5 Å². The molecule has 16 heavy (non-hydrogen) atoms. The number of aryl methyl sites for hydroxylation is 1. The maximum absolute atomic E-state index is 11.9. The van der Waals surface area contributed by atoms with Crippen LogP contribution in [0.1, 0.15) is 49.5 Å². The molecule has 0 fully saturated rings. The average Bonchev–Trinajstić information content (AvgIpc) is 2.44. The number of nitrogens with zero attached hydrogens (tertiary/aromatic N) is 1. The highest BCUT2D eigenvalue weighted by Gasteiger charge is 2.23. The third-order valence-electron chi connectivity index (χ3n) is 1.78. The molecule has 0 bridgehead atoms. The fraction of sp³-hybridized carbons (Fsp3) is 0.636. The Kier molecular flexibility index (Phi) is 3.91. The van der Waals surface area contributed by atoms with E-state index in [2.05, 4.69) is 4.98 Å². The minimum atomic E-state index is -0.487. The molecule has 0 aromatic carbocycles. The van der Waals surface area contributed by atoms with Gasteiger partial charge in [-0.1, -0.05) is 24.7 Å². The number of thiazole rings is 1. The lowest BCUT2D eigenvalue weighted by Gasteiger charge is -2.19. The number of aromatic nitrogens is 1. The van der Waals surface area contributed by atoms with Crippen LogP contribution in [0.25, 0.3) is 0 Å². The zero-order chi connectivity index (χ0) is 12.3. The molecule has 0 spiro atoms. The fourth-order valence-electron chi connectivity index (χ4n) is 1.26. The van der Waals surface area contributed by atoms with Crippen molar-refractivity contribution in [3.05, 3.63) is 10.6 Å². The summed E-state index contributed by atoms with van der Waals surface area (Å²) in [6.07, 6.45) is 1.68. The summed E-state index contributed by atoms with van der Waals surface area (Å²) < 4.78 is 5.30. The van der Waals surface area contributed by atoms with Crippen molar-refractivity contribution in [3.8, 4) is 0 Å². The summed E-state index contributed by atoms with van der Waals surface area (Å²) in [5, 5.41) is 0.421. The van der Waals surface area contributed by atoms with Gasteiger partial charge in [0.05, 0.1) is 5.69 Å². The van der Waals surface area contributed by atoms with Crippen molar-refractivity contribution < 1.29 is 9.53 Å². The van der Waals surface area contributed by atoms with Crippen molar-refractivity contribution in [3.63, 3.8) is 0 Å². The number of anilines is 1. The van der Waals surface area contributed by atoms with Crippen LogP contribution in [0.4, 0.5) is 5.13 Å². The average molecular weight is 242 g/mol. The summed E-state index contributed by atoms with van der Waals surface area (Å²) >= 11 is 1.20. The van der Waals surface area contributed by atoms with Gasteiger partial charge in [-0.2, -0.15) is 0 Å². The summed E-state index contributed by atoms with van der Waals surface area (Å²) in [4.78, 5) is 16.5. The van der Waals surface area contributed by atoms with Crippen LogP contribution in [0, 0.1) is 0 Å². The highest BCUT2D eigenvalue weighted by Crippen LogP contribution is 2.24. The molecule has 0 atom stereocenters. The Morgan fingerprint density at radius 1 is 1.50 bits per heavy atom. The molecule has 2 N–H and O–H groups in total. The van der Waals surface area contributed by atoms with Crippen molar-refractivity contribution in [2.45, 2.75) is 46.1 Å². The summed E-state index contributed by atoms with van der Waals surface area (Å²) in [6.45, 7) is 7.56. The van der Waals surface area contributed by atoms with Crippen molar-refractivity contribution in [1.82, 2.24) is 4.98 Å². The Morgan fingerprint density at radius 2 is 2.12 bits per heavy atom. The molecule has 0 aliphatic rings. The zero-order valence-corrected chi connectivity index (χ0v) is 11.0. The lowest BCUT2D eigenvalue weighted by atomic mass is 10.2. The van der Waals surface area contributed by atoms with E-state index < -0.39 is 5.60 Å². The van der Waals surface area contributed by atoms with Gasteiger partial charge in [-0.15, -0.1) is 0 Å². The van der Waals surface area contributed by atoms with Crippen LogP contribution in [0.2, 0.25) is 0 Å². The molecule has 0 aliphatic heterocycles. The van der Waals surface area contributed by atoms with Crippen molar-refractivity contribution >= 4 is 22.4 Å². The first-order chi connectivity index (χ1) is 7.33. The van der Waals surface area contributed by atoms with E-state index >= 15 is 0 Å². The molecule has 0 saturated heterocycles. The largest absolute Gasteiger partial charge is 0.456 e. The maximum atomic E-state index is 11.9. The molecule has 1 aromatic rings. The fourth-order valence-corrected chi connectivity index (χ4v) is 2.02. The van der Waals surface area contributed by atoms with Gasteiger partial charge >= 0.3 is 5.97 Å². The molecule has 1 rings (SSSR count). The minimum absolute atomic E-state index is 0.329. The highest BCUT2D eigenvalue weighted by atomic mass is 32.1. The number of nitrogens with two attached hydrogens (primary N) is 1. The number of esters is 1. The number of hydrogen-bond donors (Lipinski definition) is 1. The lowest BCUT2D eigenvalue weighted by Crippen LogP contribution is -2.24. The molecule has 0 saturated carbocycles. The number of ether oxygens (including phenoxy) is 1. The van der Waals surface area contributed by atoms with Crippen molar-refractivity contribution in [2.75, 3.05) is 5.73 Å². The zero-order valence-electron chi connectivity index (χ0n) is 10.2. The molecule has 1 aromatic heterocycles. The second-order valence-corrected chi connectivity index (χ2v) is 5.61. The Balaban J connectivity index is 2.90. The summed E-state index contributed by atoms with van der Waals surface area (Å²) in [5.41, 5.74) is 5.87. The highest BCUT2D eigenvalue weighted by molar-refractivity contribution is 7.17. The van der Waals surface area contributed by atoms with Gasteiger partial charge in [0.2, 0.25) is 0 Å². The quantitative estimate of drug-likeness (QED) is 0.827. The number of carbonyl (C=O) groups excluding carboxylic acids is 1. The Hall–Kier alpha value is -1.10. The minimum Gasteiger partial charge on any atom is -0.456 e. The number of hydrogen-bond acceptors (Lipinski definition) is 5. The van der Waals surface area contributed by atoms with Crippen LogP contribution < -0.4 is 5.73 Å². The molecular weight excluding hydrogens is 224 g/mol. The Bertz CT molecular complexity index is 380. The molecule has 1 heterocycles. The lowest BCUT2D eigenvalue weighted by molar-refractivity contribution is 0.00738. The van der Waals surface area contributed by atoms with Crippen molar-refractivity contribution in [2.24, 2.45) is 0 Å². The molecule has 90 valence electrons. The first-order valence-corrected chi connectivity index (χ1v) is 6.13. The van der Waals surface area contributed by atoms with Gasteiger partial charge in [0, 0.05) is 0 Å². The second-order valence-electron chi connectivity index (χ2n) is 4.58. The van der Waals surface area contributed by atoms with Gasteiger partial charge in [-0.3, -0.25) is 0 Å². The molecular formula is C11H18N2O2S. The smallest absolute Gasteiger partial charge is 0.350 e. The predicted molar refractivity (Wildman–Crippen MR) is 65.7 cm³/mol. The van der Waals surface area contributed by atoms with E-state index in [4.69, 9.17) is 10.5 Å². The molecule has 0 radical (unpaired) electrons. The monoisotopic (exact) mass is 242 g/mol. The van der Waals surface area contributed by atoms with Crippen LogP contribution in [0.5, 0.6) is 0 Å². The summed E-state index contributed by atoms with van der Waals surface area (Å²) in [7, 11) is 0. The summed E-state index contributed by atoms with van der Waals surface area (Å²) in [5.74, 6) is -0.329. The van der Waals surface area contributed by atoms with Gasteiger partial charge in [0.15, 0.2) is 5.13 Å². The van der Waals surface area contributed by atoms with E-state index in [0.717, 1.165) is 18.5 Å². The SMILES string of the molecule is CCCc1nc(N)sc1C(=O)OC(C)(C)C. The second kappa shape index (κ2) is 4.82. The topological polar surface area (TPSA) is 65.2 Å². The number of nitrogen functional groups attached to an aromatic ring is 1. The van der Waals surface area contributed by atoms with E-state index in [1.807, 2.05) is 27.7 Å². The van der Waals surface area contributed by atoms with E-state index in [9.17, 15) is 4.79 Å². The number of rotatable bonds is 3. The maximum Gasteiger partial charge on any atom is 0.350 e. The van der Waals surface area contributed by atoms with Crippen LogP contribution in [-0.2, 0) is 11.2 Å². The van der Waals surface area contributed by atoms with E-state index in [1.54, 1.807) is 0 Å². The van der Waals surface area contributed by atoms with Crippen LogP contribution in [0.15, 0.2) is 0 Å². The Morgan fingerprint density at radius 3 is 2.62 bits per heavy atom. The van der Waals surface area contributed by atoms with E-state index in [-0.39, 0.29) is 5.97 Å². The third kappa shape index (κ3) is 3.48.